The van der Waals surface area contributed by atoms with E-state index < -0.39 is 0 Å². The largest absolute Gasteiger partial charge is 0.360 e. The lowest BCUT2D eigenvalue weighted by Gasteiger charge is -2.13. The SMILES string of the molecule is Cc1cc(NC(=O)CSc2nc3ccccc3c(=O)n2CCc2ccc(Cl)cc2Cl)no1. The molecule has 0 saturated carbocycles. The van der Waals surface area contributed by atoms with E-state index in [2.05, 4.69) is 15.5 Å². The normalized spacial score (nSPS) is 11.1. The van der Waals surface area contributed by atoms with Crippen LogP contribution >= 0.6 is 35.0 Å². The Balaban J connectivity index is 1.58. The van der Waals surface area contributed by atoms with Gasteiger partial charge in [-0.25, -0.2) is 4.98 Å². The van der Waals surface area contributed by atoms with Gasteiger partial charge in [0.05, 0.1) is 16.7 Å². The summed E-state index contributed by atoms with van der Waals surface area (Å²) in [7, 11) is 0. The summed E-state index contributed by atoms with van der Waals surface area (Å²) in [6.07, 6.45) is 0.508. The molecule has 4 aromatic rings. The van der Waals surface area contributed by atoms with Gasteiger partial charge in [0.2, 0.25) is 5.91 Å². The molecule has 0 unspecified atom stereocenters. The van der Waals surface area contributed by atoms with Crippen LogP contribution in [-0.4, -0.2) is 26.4 Å². The third-order valence-electron chi connectivity index (χ3n) is 4.67. The number of nitrogens with one attached hydrogen (secondary N) is 1. The Hall–Kier alpha value is -2.81. The summed E-state index contributed by atoms with van der Waals surface area (Å²) in [6, 6.07) is 14.0. The third kappa shape index (κ3) is 5.15. The van der Waals surface area contributed by atoms with Crippen molar-refractivity contribution < 1.29 is 9.32 Å². The number of halogens is 2. The van der Waals surface area contributed by atoms with Gasteiger partial charge in [-0.15, -0.1) is 0 Å². The predicted molar refractivity (Wildman–Crippen MR) is 127 cm³/mol. The maximum atomic E-state index is 13.2. The highest BCUT2D eigenvalue weighted by atomic mass is 35.5. The quantitative estimate of drug-likeness (QED) is 0.291. The molecule has 0 fully saturated rings. The van der Waals surface area contributed by atoms with Gasteiger partial charge in [-0.2, -0.15) is 0 Å². The van der Waals surface area contributed by atoms with E-state index in [1.54, 1.807) is 47.9 Å². The molecule has 0 bridgehead atoms. The van der Waals surface area contributed by atoms with Crippen molar-refractivity contribution in [1.82, 2.24) is 14.7 Å². The smallest absolute Gasteiger partial charge is 0.262 e. The first-order valence-electron chi connectivity index (χ1n) is 9.70. The number of hydrogen-bond donors (Lipinski definition) is 1. The number of para-hydroxylation sites is 1. The number of carbonyl (C=O) groups is 1. The van der Waals surface area contributed by atoms with E-state index in [-0.39, 0.29) is 17.2 Å². The number of thioether (sulfide) groups is 1. The summed E-state index contributed by atoms with van der Waals surface area (Å²) in [6.45, 7) is 2.09. The lowest BCUT2D eigenvalue weighted by atomic mass is 10.1. The average Bonchev–Trinajstić information content (AvgIpc) is 3.17. The molecular formula is C22H18Cl2N4O3S. The van der Waals surface area contributed by atoms with Crippen LogP contribution in [0.5, 0.6) is 0 Å². The van der Waals surface area contributed by atoms with Crippen LogP contribution in [0.3, 0.4) is 0 Å². The predicted octanol–water partition coefficient (Wildman–Crippen LogP) is 4.97. The lowest BCUT2D eigenvalue weighted by molar-refractivity contribution is -0.113. The van der Waals surface area contributed by atoms with Crippen LogP contribution in [0.15, 0.2) is 63.0 Å². The van der Waals surface area contributed by atoms with E-state index in [0.29, 0.717) is 50.6 Å². The number of benzene rings is 2. The second kappa shape index (κ2) is 9.77. The Morgan fingerprint density at radius 3 is 2.75 bits per heavy atom. The van der Waals surface area contributed by atoms with Gasteiger partial charge >= 0.3 is 0 Å². The van der Waals surface area contributed by atoms with E-state index in [9.17, 15) is 9.59 Å². The second-order valence-corrected chi connectivity index (χ2v) is 8.80. The highest BCUT2D eigenvalue weighted by molar-refractivity contribution is 7.99. The molecule has 2 aromatic heterocycles. The van der Waals surface area contributed by atoms with Crippen molar-refractivity contribution in [2.24, 2.45) is 0 Å². The van der Waals surface area contributed by atoms with Crippen LogP contribution in [0.4, 0.5) is 5.82 Å². The number of amides is 1. The molecule has 7 nitrogen and oxygen atoms in total. The summed E-state index contributed by atoms with van der Waals surface area (Å²) in [5, 5.41) is 8.47. The molecule has 32 heavy (non-hydrogen) atoms. The van der Waals surface area contributed by atoms with Crippen molar-refractivity contribution in [2.45, 2.75) is 25.0 Å². The molecule has 4 rings (SSSR count). The minimum atomic E-state index is -0.280. The van der Waals surface area contributed by atoms with Gasteiger partial charge in [-0.3, -0.25) is 14.2 Å². The Labute approximate surface area is 197 Å². The molecule has 164 valence electrons. The zero-order valence-electron chi connectivity index (χ0n) is 17.0. The summed E-state index contributed by atoms with van der Waals surface area (Å²) < 4.78 is 6.53. The van der Waals surface area contributed by atoms with Crippen molar-refractivity contribution in [3.05, 3.63) is 80.3 Å². The van der Waals surface area contributed by atoms with E-state index in [4.69, 9.17) is 27.7 Å². The molecule has 2 heterocycles. The Kier molecular flexibility index (Phi) is 6.83. The maximum absolute atomic E-state index is 13.2. The molecule has 10 heteroatoms. The van der Waals surface area contributed by atoms with Crippen LogP contribution in [0.1, 0.15) is 11.3 Å². The van der Waals surface area contributed by atoms with Gasteiger partial charge in [0.1, 0.15) is 5.76 Å². The molecule has 0 aliphatic rings. The maximum Gasteiger partial charge on any atom is 0.262 e. The number of aryl methyl sites for hydroxylation is 2. The van der Waals surface area contributed by atoms with Crippen molar-refractivity contribution >= 4 is 57.6 Å². The van der Waals surface area contributed by atoms with Crippen LogP contribution in [0, 0.1) is 6.92 Å². The monoisotopic (exact) mass is 488 g/mol. The van der Waals surface area contributed by atoms with Gasteiger partial charge in [0.15, 0.2) is 11.0 Å². The van der Waals surface area contributed by atoms with Gasteiger partial charge in [-0.05, 0) is 43.2 Å². The number of aromatic nitrogens is 3. The number of anilines is 1. The molecule has 0 aliphatic carbocycles. The van der Waals surface area contributed by atoms with Crippen LogP contribution in [-0.2, 0) is 17.8 Å². The summed E-state index contributed by atoms with van der Waals surface area (Å²) in [4.78, 5) is 30.2. The standard InChI is InChI=1S/C22H18Cl2N4O3S/c1-13-10-19(27-31-13)26-20(29)12-32-22-25-18-5-3-2-4-16(18)21(30)28(22)9-8-14-6-7-15(23)11-17(14)24/h2-7,10-11H,8-9,12H2,1H3,(H,26,27,29). The molecule has 0 radical (unpaired) electrons. The summed E-state index contributed by atoms with van der Waals surface area (Å²) >= 11 is 13.5. The molecule has 2 aromatic carbocycles. The fourth-order valence-corrected chi connectivity index (χ4v) is 4.47. The van der Waals surface area contributed by atoms with Gasteiger partial charge in [0, 0.05) is 22.7 Å². The highest BCUT2D eigenvalue weighted by Gasteiger charge is 2.15. The van der Waals surface area contributed by atoms with E-state index in [1.807, 2.05) is 12.1 Å². The number of fused-ring (bicyclic) bond motifs is 1. The minimum Gasteiger partial charge on any atom is -0.360 e. The average molecular weight is 489 g/mol. The molecule has 1 N–H and O–H groups in total. The zero-order valence-corrected chi connectivity index (χ0v) is 19.3. The molecule has 0 atom stereocenters. The van der Waals surface area contributed by atoms with Crippen molar-refractivity contribution in [3.63, 3.8) is 0 Å². The Bertz CT molecular complexity index is 1350. The number of hydrogen-bond acceptors (Lipinski definition) is 6. The van der Waals surface area contributed by atoms with Crippen LogP contribution < -0.4 is 10.9 Å². The van der Waals surface area contributed by atoms with E-state index >= 15 is 0 Å². The molecule has 1 amide bonds. The highest BCUT2D eigenvalue weighted by Crippen LogP contribution is 2.23. The number of nitrogens with zero attached hydrogens (tertiary/aromatic N) is 3. The Morgan fingerprint density at radius 1 is 1.19 bits per heavy atom. The van der Waals surface area contributed by atoms with Gasteiger partial charge in [0.25, 0.3) is 5.56 Å². The Morgan fingerprint density at radius 2 is 2.00 bits per heavy atom. The van der Waals surface area contributed by atoms with Gasteiger partial charge < -0.3 is 9.84 Å². The third-order valence-corrected chi connectivity index (χ3v) is 6.24. The first-order chi connectivity index (χ1) is 15.4. The topological polar surface area (TPSA) is 90.0 Å². The fourth-order valence-electron chi connectivity index (χ4n) is 3.15. The second-order valence-electron chi connectivity index (χ2n) is 7.01. The minimum absolute atomic E-state index is 0.0540. The van der Waals surface area contributed by atoms with E-state index in [1.165, 1.54) is 11.8 Å². The van der Waals surface area contributed by atoms with Crippen molar-refractivity contribution in [2.75, 3.05) is 11.1 Å². The fraction of sp³-hybridized carbons (Fsp3) is 0.182. The number of carbonyl (C=O) groups excluding carboxylic acids is 1. The van der Waals surface area contributed by atoms with Crippen LogP contribution in [0.2, 0.25) is 10.0 Å². The summed E-state index contributed by atoms with van der Waals surface area (Å²) in [5.41, 5.74) is 1.27. The number of rotatable bonds is 7. The van der Waals surface area contributed by atoms with E-state index in [0.717, 1.165) is 5.56 Å². The first kappa shape index (κ1) is 22.4. The molecular weight excluding hydrogens is 471 g/mol. The van der Waals surface area contributed by atoms with Gasteiger partial charge in [-0.1, -0.05) is 58.3 Å². The molecule has 0 spiro atoms. The zero-order chi connectivity index (χ0) is 22.7. The molecule has 0 aliphatic heterocycles. The van der Waals surface area contributed by atoms with Crippen molar-refractivity contribution in [1.29, 1.82) is 0 Å². The molecule has 0 saturated heterocycles. The summed E-state index contributed by atoms with van der Waals surface area (Å²) in [5.74, 6) is 0.712. The van der Waals surface area contributed by atoms with Crippen molar-refractivity contribution in [3.8, 4) is 0 Å². The first-order valence-corrected chi connectivity index (χ1v) is 11.4. The van der Waals surface area contributed by atoms with Crippen LogP contribution in [0.25, 0.3) is 10.9 Å². The lowest BCUT2D eigenvalue weighted by Crippen LogP contribution is -2.25.